The number of anilines is 2. The minimum Gasteiger partial charge on any atom is -0.486 e. The van der Waals surface area contributed by atoms with E-state index in [1.807, 2.05) is 25.2 Å². The quantitative estimate of drug-likeness (QED) is 0.257. The molecule has 206 valence electrons. The summed E-state index contributed by atoms with van der Waals surface area (Å²) in [6.45, 7) is 3.35. The second kappa shape index (κ2) is 11.8. The predicted molar refractivity (Wildman–Crippen MR) is 151 cm³/mol. The van der Waals surface area contributed by atoms with Gasteiger partial charge in [-0.05, 0) is 73.7 Å². The molecule has 1 saturated carbocycles. The Balaban J connectivity index is 1.34. The van der Waals surface area contributed by atoms with Gasteiger partial charge in [0.2, 0.25) is 0 Å². The van der Waals surface area contributed by atoms with Gasteiger partial charge in [0.05, 0.1) is 5.56 Å². The van der Waals surface area contributed by atoms with Crippen molar-refractivity contribution < 1.29 is 18.3 Å². The van der Waals surface area contributed by atoms with Crippen molar-refractivity contribution in [1.82, 2.24) is 14.9 Å². The predicted octanol–water partition coefficient (Wildman–Crippen LogP) is 5.95. The van der Waals surface area contributed by atoms with Crippen molar-refractivity contribution in [2.75, 3.05) is 31.2 Å². The molecule has 0 radical (unpaired) electrons. The number of aromatic nitrogens is 2. The second-order valence-corrected chi connectivity index (χ2v) is 10.1. The molecule has 0 aliphatic heterocycles. The summed E-state index contributed by atoms with van der Waals surface area (Å²) in [5.41, 5.74) is 9.49. The number of nitrogens with one attached hydrogen (secondary N) is 1. The molecule has 3 N–H and O–H groups in total. The number of hydrogen-bond acceptors (Lipinski definition) is 6. The molecule has 1 aliphatic rings. The van der Waals surface area contributed by atoms with Crippen molar-refractivity contribution >= 4 is 17.4 Å². The number of halogens is 2. The van der Waals surface area contributed by atoms with Gasteiger partial charge >= 0.3 is 0 Å². The van der Waals surface area contributed by atoms with Crippen LogP contribution in [-0.2, 0) is 6.54 Å². The molecule has 5 rings (SSSR count). The number of rotatable bonds is 10. The van der Waals surface area contributed by atoms with Gasteiger partial charge in [0.15, 0.2) is 11.6 Å². The molecule has 0 unspecified atom stereocenters. The molecule has 1 heterocycles. The minimum atomic E-state index is -0.667. The molecular weight excluding hydrogens is 512 g/mol. The minimum absolute atomic E-state index is 0.107. The normalized spacial score (nSPS) is 12.9. The second-order valence-electron chi connectivity index (χ2n) is 10.1. The number of likely N-dealkylation sites (N-methyl/N-ethyl adjacent to an activating group) is 1. The maximum absolute atomic E-state index is 14.8. The monoisotopic (exact) mass is 543 g/mol. The number of carbonyl (C=O) groups excluding carboxylic acids is 1. The van der Waals surface area contributed by atoms with Gasteiger partial charge in [0.1, 0.15) is 30.3 Å². The number of nitrogens with two attached hydrogens (primary N) is 1. The Hall–Kier alpha value is -4.37. The Morgan fingerprint density at radius 3 is 2.60 bits per heavy atom. The van der Waals surface area contributed by atoms with Crippen LogP contribution in [0.15, 0.2) is 67.0 Å². The Morgan fingerprint density at radius 1 is 1.10 bits per heavy atom. The molecular formula is C31H31F2N5O2. The zero-order valence-corrected chi connectivity index (χ0v) is 22.5. The van der Waals surface area contributed by atoms with Crippen LogP contribution in [0, 0.1) is 18.6 Å². The topological polar surface area (TPSA) is 93.4 Å². The lowest BCUT2D eigenvalue weighted by Gasteiger charge is -2.19. The van der Waals surface area contributed by atoms with Crippen LogP contribution in [-0.4, -0.2) is 41.0 Å². The fraction of sp³-hybridized carbons (Fsp3) is 0.258. The number of hydrogen-bond donors (Lipinski definition) is 2. The molecule has 0 saturated heterocycles. The number of ether oxygens (including phenoxy) is 1. The summed E-state index contributed by atoms with van der Waals surface area (Å²) in [4.78, 5) is 23.4. The van der Waals surface area contributed by atoms with Crippen LogP contribution in [0.3, 0.4) is 0 Å². The van der Waals surface area contributed by atoms with Crippen LogP contribution >= 0.6 is 0 Å². The number of benzene rings is 3. The zero-order valence-electron chi connectivity index (χ0n) is 22.5. The first-order valence-electron chi connectivity index (χ1n) is 13.2. The summed E-state index contributed by atoms with van der Waals surface area (Å²) >= 11 is 0. The zero-order chi connectivity index (χ0) is 28.2. The number of amides is 1. The van der Waals surface area contributed by atoms with Gasteiger partial charge in [-0.15, -0.1) is 0 Å². The average molecular weight is 544 g/mol. The smallest absolute Gasteiger partial charge is 0.258 e. The van der Waals surface area contributed by atoms with Crippen LogP contribution < -0.4 is 15.8 Å². The van der Waals surface area contributed by atoms with Gasteiger partial charge in [0, 0.05) is 24.3 Å². The van der Waals surface area contributed by atoms with Gasteiger partial charge in [0.25, 0.3) is 5.91 Å². The maximum Gasteiger partial charge on any atom is 0.258 e. The van der Waals surface area contributed by atoms with Gasteiger partial charge in [-0.3, -0.25) is 9.69 Å². The summed E-state index contributed by atoms with van der Waals surface area (Å²) in [6.07, 6.45) is 3.33. The first kappa shape index (κ1) is 27.2. The molecule has 1 aromatic heterocycles. The Labute approximate surface area is 232 Å². The summed E-state index contributed by atoms with van der Waals surface area (Å²) < 4.78 is 35.6. The lowest BCUT2D eigenvalue weighted by Crippen LogP contribution is -2.24. The molecule has 3 aromatic carbocycles. The molecule has 9 heteroatoms. The van der Waals surface area contributed by atoms with E-state index < -0.39 is 17.5 Å². The van der Waals surface area contributed by atoms with Crippen LogP contribution in [0.25, 0.3) is 11.3 Å². The van der Waals surface area contributed by atoms with Crippen LogP contribution in [0.5, 0.6) is 5.75 Å². The Kier molecular flexibility index (Phi) is 8.02. The molecule has 0 bridgehead atoms. The molecule has 4 aromatic rings. The average Bonchev–Trinajstić information content (AvgIpc) is 3.78. The van der Waals surface area contributed by atoms with E-state index in [1.54, 1.807) is 13.0 Å². The van der Waals surface area contributed by atoms with E-state index in [9.17, 15) is 13.6 Å². The molecule has 1 amide bonds. The van der Waals surface area contributed by atoms with E-state index in [0.29, 0.717) is 35.9 Å². The fourth-order valence-corrected chi connectivity index (χ4v) is 4.63. The van der Waals surface area contributed by atoms with Gasteiger partial charge in [-0.2, -0.15) is 0 Å². The van der Waals surface area contributed by atoms with Crippen molar-refractivity contribution in [1.29, 1.82) is 0 Å². The number of nitrogen functional groups attached to an aromatic ring is 1. The summed E-state index contributed by atoms with van der Waals surface area (Å²) in [5.74, 6) is -1.18. The van der Waals surface area contributed by atoms with Gasteiger partial charge in [-0.1, -0.05) is 36.4 Å². The molecule has 1 aliphatic carbocycles. The van der Waals surface area contributed by atoms with Crippen LogP contribution in [0.1, 0.15) is 45.8 Å². The molecule has 7 nitrogen and oxygen atoms in total. The first-order chi connectivity index (χ1) is 19.3. The highest BCUT2D eigenvalue weighted by molar-refractivity contribution is 6.05. The van der Waals surface area contributed by atoms with E-state index in [-0.39, 0.29) is 22.8 Å². The highest BCUT2D eigenvalue weighted by atomic mass is 19.1. The lowest BCUT2D eigenvalue weighted by atomic mass is 10.0. The fourth-order valence-electron chi connectivity index (χ4n) is 4.63. The van der Waals surface area contributed by atoms with Crippen molar-refractivity contribution in [3.63, 3.8) is 0 Å². The van der Waals surface area contributed by atoms with E-state index in [4.69, 9.17) is 10.5 Å². The molecule has 0 spiro atoms. The third-order valence-corrected chi connectivity index (χ3v) is 7.01. The van der Waals surface area contributed by atoms with Gasteiger partial charge in [-0.25, -0.2) is 18.7 Å². The van der Waals surface area contributed by atoms with Crippen molar-refractivity contribution in [3.8, 4) is 17.0 Å². The van der Waals surface area contributed by atoms with Crippen molar-refractivity contribution in [3.05, 3.63) is 101 Å². The summed E-state index contributed by atoms with van der Waals surface area (Å²) in [7, 11) is 1.98. The maximum atomic E-state index is 14.8. The van der Waals surface area contributed by atoms with Crippen LogP contribution in [0.2, 0.25) is 0 Å². The number of nitrogens with zero attached hydrogens (tertiary/aromatic N) is 3. The van der Waals surface area contributed by atoms with Crippen LogP contribution in [0.4, 0.5) is 20.3 Å². The summed E-state index contributed by atoms with van der Waals surface area (Å²) in [6, 6.07) is 17.2. The standard InChI is InChI=1S/C31H31F2N5O2/c1-19-25(15-23(32)16-27(19)37-31(39)24-11-10-22(14-26(24)33)21-8-9-21)28-29(30(34)36-18-35-28)40-13-12-38(2)17-20-6-4-3-5-7-20/h3-7,10-11,14-16,18,21H,8-9,12-13,17H2,1-2H3,(H,37,39)(H2,34,35,36). The van der Waals surface area contributed by atoms with E-state index in [0.717, 1.165) is 24.9 Å². The first-order valence-corrected chi connectivity index (χ1v) is 13.2. The Bertz CT molecular complexity index is 1530. The van der Waals surface area contributed by atoms with Crippen molar-refractivity contribution in [2.45, 2.75) is 32.2 Å². The van der Waals surface area contributed by atoms with Crippen molar-refractivity contribution in [2.24, 2.45) is 0 Å². The van der Waals surface area contributed by atoms with E-state index in [1.165, 1.54) is 36.2 Å². The summed E-state index contributed by atoms with van der Waals surface area (Å²) in [5, 5.41) is 2.66. The van der Waals surface area contributed by atoms with E-state index >= 15 is 0 Å². The molecule has 40 heavy (non-hydrogen) atoms. The Morgan fingerprint density at radius 2 is 1.88 bits per heavy atom. The molecule has 0 atom stereocenters. The number of carbonyl (C=O) groups is 1. The third kappa shape index (κ3) is 6.26. The highest BCUT2D eigenvalue weighted by Gasteiger charge is 2.25. The largest absolute Gasteiger partial charge is 0.486 e. The lowest BCUT2D eigenvalue weighted by molar-refractivity contribution is 0.102. The van der Waals surface area contributed by atoms with Gasteiger partial charge < -0.3 is 15.8 Å². The SMILES string of the molecule is Cc1c(NC(=O)c2ccc(C3CC3)cc2F)cc(F)cc1-c1ncnc(N)c1OCCN(C)Cc1ccccc1. The highest BCUT2D eigenvalue weighted by Crippen LogP contribution is 2.40. The molecule has 1 fully saturated rings. The van der Waals surface area contributed by atoms with E-state index in [2.05, 4.69) is 32.3 Å². The third-order valence-electron chi connectivity index (χ3n) is 7.01.